The van der Waals surface area contributed by atoms with Crippen LogP contribution >= 0.6 is 0 Å². The maximum absolute atomic E-state index is 13.6. The monoisotopic (exact) mass is 562 g/mol. The number of rotatable bonds is 5. The Morgan fingerprint density at radius 2 is 1.93 bits per heavy atom. The minimum absolute atomic E-state index is 0.0311. The lowest BCUT2D eigenvalue weighted by Crippen LogP contribution is -2.63. The molecule has 1 atom stereocenters. The second kappa shape index (κ2) is 10.6. The number of nitrogens with one attached hydrogen (secondary N) is 1. The minimum Gasteiger partial charge on any atom is -0.494 e. The van der Waals surface area contributed by atoms with Crippen molar-refractivity contribution in [1.82, 2.24) is 24.4 Å². The third-order valence-electron chi connectivity index (χ3n) is 7.12. The van der Waals surface area contributed by atoms with Gasteiger partial charge in [-0.15, -0.1) is 0 Å². The zero-order chi connectivity index (χ0) is 29.6. The topological polar surface area (TPSA) is 118 Å². The molecule has 2 amide bonds. The van der Waals surface area contributed by atoms with Crippen molar-refractivity contribution in [2.24, 2.45) is 0 Å². The van der Waals surface area contributed by atoms with Gasteiger partial charge in [0.1, 0.15) is 23.1 Å². The smallest absolute Gasteiger partial charge is 0.410 e. The molecule has 1 N–H and O–H groups in total. The fourth-order valence-electron chi connectivity index (χ4n) is 5.16. The van der Waals surface area contributed by atoms with E-state index in [0.717, 1.165) is 22.8 Å². The van der Waals surface area contributed by atoms with Crippen LogP contribution < -0.4 is 19.9 Å². The number of carbonyl (C=O) groups excluding carboxylic acids is 2. The van der Waals surface area contributed by atoms with Crippen LogP contribution in [0.3, 0.4) is 0 Å². The van der Waals surface area contributed by atoms with Gasteiger partial charge in [-0.05, 0) is 45.7 Å². The zero-order valence-corrected chi connectivity index (χ0v) is 24.9. The summed E-state index contributed by atoms with van der Waals surface area (Å²) >= 11 is 0. The Balaban J connectivity index is 1.48. The minimum atomic E-state index is -0.618. The van der Waals surface area contributed by atoms with E-state index in [2.05, 4.69) is 10.3 Å². The molecule has 0 saturated carbocycles. The summed E-state index contributed by atoms with van der Waals surface area (Å²) in [7, 11) is 3.37. The van der Waals surface area contributed by atoms with E-state index in [-0.39, 0.29) is 18.4 Å². The van der Waals surface area contributed by atoms with Gasteiger partial charge in [-0.1, -0.05) is 13.8 Å². The summed E-state index contributed by atoms with van der Waals surface area (Å²) in [4.78, 5) is 45.6. The lowest BCUT2D eigenvalue weighted by molar-refractivity contribution is -0.120. The van der Waals surface area contributed by atoms with Gasteiger partial charge >= 0.3 is 6.09 Å². The zero-order valence-electron chi connectivity index (χ0n) is 24.9. The standard InChI is InChI=1S/C29H38N8O4/c1-17(2)23-24-25(37-12-11-35(28(39)41-29(4,5)6)15-21(37)26(38)34(24)7)33-27(32-23)31-19-9-10-20(22(13-19)40-8)36-14-18(3)30-16-36/h9-10,13-14,16-17,21H,11-12,15H2,1-8H3,(H,31,32,33). The van der Waals surface area contributed by atoms with Gasteiger partial charge in [0.05, 0.1) is 37.1 Å². The van der Waals surface area contributed by atoms with Crippen molar-refractivity contribution in [1.29, 1.82) is 0 Å². The van der Waals surface area contributed by atoms with Gasteiger partial charge in [0.2, 0.25) is 5.95 Å². The van der Waals surface area contributed by atoms with Crippen molar-refractivity contribution < 1.29 is 19.1 Å². The Kier molecular flexibility index (Phi) is 7.26. The highest BCUT2D eigenvalue weighted by atomic mass is 16.6. The van der Waals surface area contributed by atoms with E-state index in [1.54, 1.807) is 30.3 Å². The number of amides is 2. The van der Waals surface area contributed by atoms with Crippen molar-refractivity contribution in [3.8, 4) is 11.4 Å². The van der Waals surface area contributed by atoms with Crippen molar-refractivity contribution in [3.05, 3.63) is 42.1 Å². The molecular weight excluding hydrogens is 524 g/mol. The largest absolute Gasteiger partial charge is 0.494 e. The van der Waals surface area contributed by atoms with E-state index < -0.39 is 17.7 Å². The fourth-order valence-corrected chi connectivity index (χ4v) is 5.16. The molecule has 41 heavy (non-hydrogen) atoms. The molecule has 4 heterocycles. The Morgan fingerprint density at radius 3 is 2.56 bits per heavy atom. The lowest BCUT2D eigenvalue weighted by atomic mass is 10.0. The van der Waals surface area contributed by atoms with E-state index >= 15 is 0 Å². The predicted molar refractivity (Wildman–Crippen MR) is 157 cm³/mol. The summed E-state index contributed by atoms with van der Waals surface area (Å²) < 4.78 is 13.2. The highest BCUT2D eigenvalue weighted by Gasteiger charge is 2.44. The summed E-state index contributed by atoms with van der Waals surface area (Å²) in [5.41, 5.74) is 3.36. The molecule has 12 heteroatoms. The number of imidazole rings is 1. The number of methoxy groups -OCH3 is 1. The average Bonchev–Trinajstić information content (AvgIpc) is 3.35. The third-order valence-corrected chi connectivity index (χ3v) is 7.12. The highest BCUT2D eigenvalue weighted by molar-refractivity contribution is 6.05. The first-order valence-corrected chi connectivity index (χ1v) is 13.8. The first-order chi connectivity index (χ1) is 19.4. The number of hydrogen-bond acceptors (Lipinski definition) is 9. The number of ether oxygens (including phenoxy) is 2. The van der Waals surface area contributed by atoms with Gasteiger partial charge in [-0.3, -0.25) is 4.79 Å². The summed E-state index contributed by atoms with van der Waals surface area (Å²) in [5.74, 6) is 1.67. The molecule has 1 aromatic carbocycles. The van der Waals surface area contributed by atoms with E-state index in [9.17, 15) is 9.59 Å². The van der Waals surface area contributed by atoms with Crippen LogP contribution in [-0.4, -0.2) is 81.9 Å². The van der Waals surface area contributed by atoms with Crippen molar-refractivity contribution in [2.75, 3.05) is 48.9 Å². The number of hydrogen-bond donors (Lipinski definition) is 1. The van der Waals surface area contributed by atoms with Crippen LogP contribution in [0, 0.1) is 6.92 Å². The van der Waals surface area contributed by atoms with Gasteiger partial charge in [-0.2, -0.15) is 4.98 Å². The molecule has 218 valence electrons. The van der Waals surface area contributed by atoms with Gasteiger partial charge in [0.15, 0.2) is 5.82 Å². The van der Waals surface area contributed by atoms with Gasteiger partial charge in [-0.25, -0.2) is 14.8 Å². The number of benzene rings is 1. The van der Waals surface area contributed by atoms with Gasteiger partial charge in [0, 0.05) is 38.1 Å². The summed E-state index contributed by atoms with van der Waals surface area (Å²) in [5, 5.41) is 3.34. The van der Waals surface area contributed by atoms with E-state index in [1.807, 2.05) is 75.4 Å². The number of fused-ring (bicyclic) bond motifs is 3. The number of aromatic nitrogens is 4. The Morgan fingerprint density at radius 1 is 1.17 bits per heavy atom. The summed E-state index contributed by atoms with van der Waals surface area (Å²) in [6, 6.07) is 5.20. The molecule has 12 nitrogen and oxygen atoms in total. The second-order valence-electron chi connectivity index (χ2n) is 11.7. The predicted octanol–water partition coefficient (Wildman–Crippen LogP) is 4.25. The molecule has 3 aromatic rings. The van der Waals surface area contributed by atoms with Crippen LogP contribution in [0.2, 0.25) is 0 Å². The molecule has 1 saturated heterocycles. The second-order valence-corrected chi connectivity index (χ2v) is 11.7. The molecule has 0 bridgehead atoms. The van der Waals surface area contributed by atoms with E-state index in [4.69, 9.17) is 19.4 Å². The first kappa shape index (κ1) is 28.2. The number of aryl methyl sites for hydroxylation is 1. The van der Waals surface area contributed by atoms with E-state index in [1.165, 1.54) is 0 Å². The summed E-state index contributed by atoms with van der Waals surface area (Å²) in [6.07, 6.45) is 3.26. The van der Waals surface area contributed by atoms with Crippen LogP contribution in [0.5, 0.6) is 5.75 Å². The van der Waals surface area contributed by atoms with Crippen LogP contribution in [0.1, 0.15) is 51.9 Å². The lowest BCUT2D eigenvalue weighted by Gasteiger charge is -2.46. The Hall–Kier alpha value is -4.35. The SMILES string of the molecule is COc1cc(Nc2nc(C(C)C)c3c(n2)N2CCN(C(=O)OC(C)(C)C)CC2C(=O)N3C)ccc1-n1cnc(C)c1. The van der Waals surface area contributed by atoms with Crippen LogP contribution in [0.25, 0.3) is 5.69 Å². The molecule has 0 spiro atoms. The molecular formula is C29H38N8O4. The van der Waals surface area contributed by atoms with Crippen molar-refractivity contribution >= 4 is 35.1 Å². The number of anilines is 4. The number of carbonyl (C=O) groups is 2. The number of piperazine rings is 1. The molecule has 2 aliphatic heterocycles. The van der Waals surface area contributed by atoms with Gasteiger partial charge < -0.3 is 34.1 Å². The maximum Gasteiger partial charge on any atom is 0.410 e. The van der Waals surface area contributed by atoms with Crippen LogP contribution in [0.15, 0.2) is 30.7 Å². The quantitative estimate of drug-likeness (QED) is 0.487. The first-order valence-electron chi connectivity index (χ1n) is 13.8. The molecule has 5 rings (SSSR count). The highest BCUT2D eigenvalue weighted by Crippen LogP contribution is 2.41. The van der Waals surface area contributed by atoms with Crippen LogP contribution in [0.4, 0.5) is 27.9 Å². The molecule has 2 aromatic heterocycles. The van der Waals surface area contributed by atoms with Crippen molar-refractivity contribution in [3.63, 3.8) is 0 Å². The number of likely N-dealkylation sites (N-methyl/N-ethyl adjacent to an activating group) is 1. The van der Waals surface area contributed by atoms with E-state index in [0.29, 0.717) is 36.3 Å². The maximum atomic E-state index is 13.6. The van der Waals surface area contributed by atoms with Crippen LogP contribution in [-0.2, 0) is 9.53 Å². The molecule has 1 unspecified atom stereocenters. The fraction of sp³-hybridized carbons (Fsp3) is 0.483. The Labute approximate surface area is 240 Å². The summed E-state index contributed by atoms with van der Waals surface area (Å²) in [6.45, 7) is 12.6. The third kappa shape index (κ3) is 5.50. The molecule has 0 radical (unpaired) electrons. The Bertz CT molecular complexity index is 1480. The van der Waals surface area contributed by atoms with Crippen molar-refractivity contribution in [2.45, 2.75) is 59.1 Å². The number of nitrogens with zero attached hydrogens (tertiary/aromatic N) is 7. The molecule has 2 aliphatic rings. The average molecular weight is 563 g/mol. The normalized spacial score (nSPS) is 17.0. The molecule has 0 aliphatic carbocycles. The van der Waals surface area contributed by atoms with Gasteiger partial charge in [0.25, 0.3) is 5.91 Å². The molecule has 1 fully saturated rings.